The molecule has 0 aliphatic rings. The number of nitrogens with one attached hydrogen (secondary N) is 2. The van der Waals surface area contributed by atoms with Gasteiger partial charge < -0.3 is 10.7 Å². The first-order chi connectivity index (χ1) is 9.10. The maximum Gasteiger partial charge on any atom is 0.274 e. The Bertz CT molecular complexity index is 620. The fraction of sp³-hybridized carbons (Fsp3) is 0. The molecule has 0 atom stereocenters. The van der Waals surface area contributed by atoms with Gasteiger partial charge in [-0.1, -0.05) is 0 Å². The van der Waals surface area contributed by atoms with Gasteiger partial charge in [-0.15, -0.1) is 0 Å². The summed E-state index contributed by atoms with van der Waals surface area (Å²) in [4.78, 5) is 15.9. The first-order valence-electron chi connectivity index (χ1n) is 5.29. The standard InChI is InChI=1S/C12H10BrFN4O/c13-9-2-1-7(14)5-10(9)17-12(19)11-6-8(18-15)3-4-16-11/h1-6H,15H2,(H,16,18)(H,17,19). The summed E-state index contributed by atoms with van der Waals surface area (Å²) in [5.74, 6) is 4.35. The zero-order valence-corrected chi connectivity index (χ0v) is 11.2. The Kier molecular flexibility index (Phi) is 4.08. The van der Waals surface area contributed by atoms with Crippen LogP contribution in [0.2, 0.25) is 0 Å². The Labute approximate surface area is 117 Å². The van der Waals surface area contributed by atoms with Gasteiger partial charge in [-0.05, 0) is 46.3 Å². The molecule has 5 nitrogen and oxygen atoms in total. The number of nitrogens with two attached hydrogens (primary N) is 1. The molecular weight excluding hydrogens is 315 g/mol. The topological polar surface area (TPSA) is 80.0 Å². The molecule has 1 amide bonds. The van der Waals surface area contributed by atoms with Crippen molar-refractivity contribution in [3.8, 4) is 0 Å². The largest absolute Gasteiger partial charge is 0.324 e. The highest BCUT2D eigenvalue weighted by Crippen LogP contribution is 2.23. The number of hydrogen-bond donors (Lipinski definition) is 3. The number of rotatable bonds is 3. The van der Waals surface area contributed by atoms with Crippen LogP contribution in [0.5, 0.6) is 0 Å². The number of benzene rings is 1. The highest BCUT2D eigenvalue weighted by Gasteiger charge is 2.10. The monoisotopic (exact) mass is 324 g/mol. The van der Waals surface area contributed by atoms with Crippen LogP contribution in [0.25, 0.3) is 0 Å². The molecule has 0 spiro atoms. The molecular formula is C12H10BrFN4O. The van der Waals surface area contributed by atoms with Gasteiger partial charge in [-0.25, -0.2) is 4.39 Å². The van der Waals surface area contributed by atoms with E-state index < -0.39 is 11.7 Å². The predicted molar refractivity (Wildman–Crippen MR) is 74.1 cm³/mol. The molecule has 1 aromatic heterocycles. The second kappa shape index (κ2) is 5.77. The van der Waals surface area contributed by atoms with Crippen molar-refractivity contribution in [2.75, 3.05) is 10.7 Å². The molecule has 1 heterocycles. The van der Waals surface area contributed by atoms with Gasteiger partial charge in [0.15, 0.2) is 0 Å². The first-order valence-corrected chi connectivity index (χ1v) is 6.08. The van der Waals surface area contributed by atoms with Crippen LogP contribution in [0.1, 0.15) is 10.5 Å². The van der Waals surface area contributed by atoms with Crippen molar-refractivity contribution in [3.05, 3.63) is 52.5 Å². The number of hydrogen-bond acceptors (Lipinski definition) is 4. The van der Waals surface area contributed by atoms with Gasteiger partial charge in [0, 0.05) is 10.7 Å². The highest BCUT2D eigenvalue weighted by atomic mass is 79.9. The fourth-order valence-electron chi connectivity index (χ4n) is 1.42. The Balaban J connectivity index is 2.22. The van der Waals surface area contributed by atoms with Gasteiger partial charge in [0.25, 0.3) is 5.91 Å². The number of amides is 1. The van der Waals surface area contributed by atoms with Crippen molar-refractivity contribution >= 4 is 33.2 Å². The lowest BCUT2D eigenvalue weighted by molar-refractivity contribution is 0.102. The molecule has 0 fully saturated rings. The average Bonchev–Trinajstić information content (AvgIpc) is 2.43. The Hall–Kier alpha value is -1.99. The smallest absolute Gasteiger partial charge is 0.274 e. The first kappa shape index (κ1) is 13.4. The molecule has 98 valence electrons. The number of carbonyl (C=O) groups is 1. The summed E-state index contributed by atoms with van der Waals surface area (Å²) >= 11 is 3.23. The number of carbonyl (C=O) groups excluding carboxylic acids is 1. The van der Waals surface area contributed by atoms with Crippen LogP contribution in [0.15, 0.2) is 41.0 Å². The third-order valence-electron chi connectivity index (χ3n) is 2.34. The van der Waals surface area contributed by atoms with Crippen molar-refractivity contribution in [3.63, 3.8) is 0 Å². The van der Waals surface area contributed by atoms with Crippen LogP contribution < -0.4 is 16.6 Å². The predicted octanol–water partition coefficient (Wildman–Crippen LogP) is 2.52. The van der Waals surface area contributed by atoms with Gasteiger partial charge in [0.2, 0.25) is 0 Å². The van der Waals surface area contributed by atoms with Crippen molar-refractivity contribution < 1.29 is 9.18 Å². The van der Waals surface area contributed by atoms with Crippen LogP contribution in [-0.2, 0) is 0 Å². The third kappa shape index (κ3) is 3.27. The molecule has 4 N–H and O–H groups in total. The van der Waals surface area contributed by atoms with E-state index in [1.54, 1.807) is 6.07 Å². The second-order valence-electron chi connectivity index (χ2n) is 3.65. The molecule has 2 rings (SSSR count). The minimum atomic E-state index is -0.455. The second-order valence-corrected chi connectivity index (χ2v) is 4.51. The fourth-order valence-corrected chi connectivity index (χ4v) is 1.77. The van der Waals surface area contributed by atoms with E-state index in [2.05, 4.69) is 31.7 Å². The van der Waals surface area contributed by atoms with Crippen LogP contribution in [-0.4, -0.2) is 10.9 Å². The number of halogens is 2. The maximum atomic E-state index is 13.1. The quantitative estimate of drug-likeness (QED) is 0.598. The normalized spacial score (nSPS) is 10.1. The molecule has 0 radical (unpaired) electrons. The summed E-state index contributed by atoms with van der Waals surface area (Å²) in [5, 5.41) is 2.56. The average molecular weight is 325 g/mol. The molecule has 0 bridgehead atoms. The van der Waals surface area contributed by atoms with E-state index in [0.717, 1.165) is 0 Å². The van der Waals surface area contributed by atoms with Gasteiger partial charge in [-0.3, -0.25) is 15.6 Å². The van der Waals surface area contributed by atoms with Crippen LogP contribution in [0, 0.1) is 5.82 Å². The van der Waals surface area contributed by atoms with Crippen molar-refractivity contribution in [1.29, 1.82) is 0 Å². The number of pyridine rings is 1. The lowest BCUT2D eigenvalue weighted by Crippen LogP contribution is -2.15. The van der Waals surface area contributed by atoms with Crippen molar-refractivity contribution in [2.24, 2.45) is 5.84 Å². The summed E-state index contributed by atoms with van der Waals surface area (Å²) in [6.45, 7) is 0. The number of anilines is 2. The highest BCUT2D eigenvalue weighted by molar-refractivity contribution is 9.10. The Morgan fingerprint density at radius 3 is 2.84 bits per heavy atom. The number of nitrogen functional groups attached to an aromatic ring is 1. The van der Waals surface area contributed by atoms with Crippen LogP contribution in [0.4, 0.5) is 15.8 Å². The molecule has 1 aromatic carbocycles. The number of nitrogens with zero attached hydrogens (tertiary/aromatic N) is 1. The van der Waals surface area contributed by atoms with Crippen LogP contribution >= 0.6 is 15.9 Å². The summed E-state index contributed by atoms with van der Waals surface area (Å²) in [6, 6.07) is 7.12. The van der Waals surface area contributed by atoms with E-state index in [1.165, 1.54) is 30.5 Å². The van der Waals surface area contributed by atoms with Gasteiger partial charge in [-0.2, -0.15) is 0 Å². The SMILES string of the molecule is NNc1ccnc(C(=O)Nc2cc(F)ccc2Br)c1. The summed E-state index contributed by atoms with van der Waals surface area (Å²) < 4.78 is 13.7. The molecule has 0 aliphatic carbocycles. The van der Waals surface area contributed by atoms with Crippen molar-refractivity contribution in [1.82, 2.24) is 4.98 Å². The lowest BCUT2D eigenvalue weighted by atomic mass is 10.2. The maximum absolute atomic E-state index is 13.1. The van der Waals surface area contributed by atoms with E-state index in [-0.39, 0.29) is 5.69 Å². The van der Waals surface area contributed by atoms with Crippen molar-refractivity contribution in [2.45, 2.75) is 0 Å². The minimum absolute atomic E-state index is 0.173. The lowest BCUT2D eigenvalue weighted by Gasteiger charge is -2.08. The minimum Gasteiger partial charge on any atom is -0.324 e. The van der Waals surface area contributed by atoms with E-state index >= 15 is 0 Å². The third-order valence-corrected chi connectivity index (χ3v) is 3.03. The van der Waals surface area contributed by atoms with Crippen LogP contribution in [0.3, 0.4) is 0 Å². The molecule has 0 aliphatic heterocycles. The summed E-state index contributed by atoms with van der Waals surface area (Å²) in [7, 11) is 0. The Morgan fingerprint density at radius 1 is 1.32 bits per heavy atom. The van der Waals surface area contributed by atoms with E-state index in [1.807, 2.05) is 0 Å². The molecule has 19 heavy (non-hydrogen) atoms. The zero-order valence-electron chi connectivity index (χ0n) is 9.65. The Morgan fingerprint density at radius 2 is 2.11 bits per heavy atom. The number of hydrazine groups is 1. The number of aromatic nitrogens is 1. The molecule has 0 saturated carbocycles. The molecule has 0 saturated heterocycles. The van der Waals surface area contributed by atoms with E-state index in [4.69, 9.17) is 5.84 Å². The van der Waals surface area contributed by atoms with Gasteiger partial charge in [0.05, 0.1) is 11.4 Å². The van der Waals surface area contributed by atoms with E-state index in [9.17, 15) is 9.18 Å². The molecule has 7 heteroatoms. The van der Waals surface area contributed by atoms with Gasteiger partial charge >= 0.3 is 0 Å². The summed E-state index contributed by atoms with van der Waals surface area (Å²) in [5.41, 5.74) is 3.48. The molecule has 2 aromatic rings. The van der Waals surface area contributed by atoms with Gasteiger partial charge in [0.1, 0.15) is 11.5 Å². The van der Waals surface area contributed by atoms with E-state index in [0.29, 0.717) is 15.8 Å². The zero-order chi connectivity index (χ0) is 13.8. The summed E-state index contributed by atoms with van der Waals surface area (Å²) in [6.07, 6.45) is 1.45. The molecule has 0 unspecified atom stereocenters.